The number of phenols is 1. The third-order valence-corrected chi connectivity index (χ3v) is 5.33. The van der Waals surface area contributed by atoms with Crippen LogP contribution in [0, 0.1) is 0 Å². The van der Waals surface area contributed by atoms with E-state index in [1.807, 2.05) is 49.4 Å². The highest BCUT2D eigenvalue weighted by atomic mass is 35.5. The number of rotatable bonds is 7. The summed E-state index contributed by atoms with van der Waals surface area (Å²) in [6.07, 6.45) is 0.726. The molecule has 1 heterocycles. The van der Waals surface area contributed by atoms with E-state index < -0.39 is 0 Å². The number of likely N-dealkylation sites (tertiary alicyclic amines) is 1. The van der Waals surface area contributed by atoms with Gasteiger partial charge >= 0.3 is 0 Å². The van der Waals surface area contributed by atoms with Gasteiger partial charge in [0.15, 0.2) is 0 Å². The fraction of sp³-hybridized carbons (Fsp3) is 0.381. The Kier molecular flexibility index (Phi) is 6.72. The fourth-order valence-electron chi connectivity index (χ4n) is 3.55. The molecule has 0 aliphatic carbocycles. The van der Waals surface area contributed by atoms with E-state index in [9.17, 15) is 9.90 Å². The Bertz CT molecular complexity index is 784. The number of aromatic hydroxyl groups is 1. The van der Waals surface area contributed by atoms with E-state index in [1.165, 1.54) is 0 Å². The molecule has 3 rings (SSSR count). The molecule has 3 N–H and O–H groups in total. The molecule has 1 amide bonds. The maximum Gasteiger partial charge on any atom is 0.237 e. The second kappa shape index (κ2) is 9.22. The maximum absolute atomic E-state index is 12.6. The molecule has 1 aliphatic heterocycles. The number of nitrogens with one attached hydrogen (secondary N) is 2. The van der Waals surface area contributed by atoms with Crippen molar-refractivity contribution in [2.45, 2.75) is 38.5 Å². The Morgan fingerprint density at radius 3 is 2.59 bits per heavy atom. The predicted molar refractivity (Wildman–Crippen MR) is 108 cm³/mol. The number of para-hydroxylation sites is 1. The Morgan fingerprint density at radius 2 is 1.89 bits per heavy atom. The first kappa shape index (κ1) is 19.7. The van der Waals surface area contributed by atoms with E-state index in [2.05, 4.69) is 15.5 Å². The lowest BCUT2D eigenvalue weighted by atomic mass is 10.1. The summed E-state index contributed by atoms with van der Waals surface area (Å²) in [5.74, 6) is 0.340. The number of amides is 1. The number of phenolic OH excluding ortho intramolecular Hbond substituents is 1. The predicted octanol–water partition coefficient (Wildman–Crippen LogP) is 2.91. The monoisotopic (exact) mass is 387 g/mol. The average molecular weight is 388 g/mol. The zero-order chi connectivity index (χ0) is 19.2. The second-order valence-corrected chi connectivity index (χ2v) is 7.28. The van der Waals surface area contributed by atoms with E-state index in [4.69, 9.17) is 11.6 Å². The molecule has 2 atom stereocenters. The van der Waals surface area contributed by atoms with Gasteiger partial charge in [-0.25, -0.2) is 0 Å². The van der Waals surface area contributed by atoms with Crippen LogP contribution in [0.5, 0.6) is 5.75 Å². The van der Waals surface area contributed by atoms with Gasteiger partial charge in [-0.2, -0.15) is 0 Å². The van der Waals surface area contributed by atoms with Gasteiger partial charge in [0.25, 0.3) is 0 Å². The van der Waals surface area contributed by atoms with Gasteiger partial charge in [-0.15, -0.1) is 0 Å². The second-order valence-electron chi connectivity index (χ2n) is 6.87. The highest BCUT2D eigenvalue weighted by molar-refractivity contribution is 6.31. The van der Waals surface area contributed by atoms with Gasteiger partial charge in [0.05, 0.1) is 6.04 Å². The molecule has 2 aromatic carbocycles. The topological polar surface area (TPSA) is 64.6 Å². The molecule has 6 heteroatoms. The number of nitrogens with zero attached hydrogens (tertiary/aromatic N) is 1. The number of carbonyl (C=O) groups is 1. The lowest BCUT2D eigenvalue weighted by Gasteiger charge is -2.23. The van der Waals surface area contributed by atoms with Gasteiger partial charge in [-0.3, -0.25) is 9.69 Å². The first-order chi connectivity index (χ1) is 13.1. The first-order valence-electron chi connectivity index (χ1n) is 9.34. The van der Waals surface area contributed by atoms with Gasteiger partial charge in [-0.1, -0.05) is 48.0 Å². The van der Waals surface area contributed by atoms with Gasteiger partial charge in [0.1, 0.15) is 5.75 Å². The minimum Gasteiger partial charge on any atom is -0.508 e. The highest BCUT2D eigenvalue weighted by Gasteiger charge is 2.36. The molecule has 1 fully saturated rings. The van der Waals surface area contributed by atoms with Crippen LogP contribution < -0.4 is 10.6 Å². The van der Waals surface area contributed by atoms with Crippen LogP contribution in [0.1, 0.15) is 24.5 Å². The fourth-order valence-corrected chi connectivity index (χ4v) is 3.75. The van der Waals surface area contributed by atoms with Gasteiger partial charge in [0.2, 0.25) is 5.91 Å². The number of halogens is 1. The van der Waals surface area contributed by atoms with E-state index in [1.54, 1.807) is 6.07 Å². The van der Waals surface area contributed by atoms with Crippen LogP contribution in [0.3, 0.4) is 0 Å². The summed E-state index contributed by atoms with van der Waals surface area (Å²) < 4.78 is 0. The summed E-state index contributed by atoms with van der Waals surface area (Å²) in [5, 5.41) is 17.1. The highest BCUT2D eigenvalue weighted by Crippen LogP contribution is 2.25. The maximum atomic E-state index is 12.6. The third kappa shape index (κ3) is 5.01. The van der Waals surface area contributed by atoms with Crippen LogP contribution in [0.4, 0.5) is 0 Å². The van der Waals surface area contributed by atoms with Crippen LogP contribution in [-0.2, 0) is 17.9 Å². The summed E-state index contributed by atoms with van der Waals surface area (Å²) >= 11 is 6.32. The van der Waals surface area contributed by atoms with Crippen LogP contribution in [0.15, 0.2) is 48.5 Å². The third-order valence-electron chi connectivity index (χ3n) is 4.96. The molecular weight excluding hydrogens is 362 g/mol. The van der Waals surface area contributed by atoms with Crippen molar-refractivity contribution in [2.75, 3.05) is 13.1 Å². The van der Waals surface area contributed by atoms with Gasteiger partial charge in [0, 0.05) is 42.8 Å². The zero-order valence-corrected chi connectivity index (χ0v) is 16.2. The molecule has 0 saturated carbocycles. The Balaban J connectivity index is 1.68. The van der Waals surface area contributed by atoms with Crippen molar-refractivity contribution in [3.05, 3.63) is 64.7 Å². The number of likely N-dealkylation sites (N-methyl/N-ethyl adjacent to an activating group) is 1. The quantitative estimate of drug-likeness (QED) is 0.683. The van der Waals surface area contributed by atoms with Crippen molar-refractivity contribution in [1.82, 2.24) is 15.5 Å². The van der Waals surface area contributed by atoms with Crippen LogP contribution in [-0.4, -0.2) is 41.1 Å². The van der Waals surface area contributed by atoms with Crippen LogP contribution in [0.2, 0.25) is 5.02 Å². The van der Waals surface area contributed by atoms with Crippen molar-refractivity contribution in [2.24, 2.45) is 0 Å². The molecule has 144 valence electrons. The lowest BCUT2D eigenvalue weighted by molar-refractivity contribution is -0.125. The van der Waals surface area contributed by atoms with E-state index in [0.717, 1.165) is 29.1 Å². The summed E-state index contributed by atoms with van der Waals surface area (Å²) in [6, 6.07) is 15.0. The number of carbonyl (C=O) groups excluding carboxylic acids is 1. The summed E-state index contributed by atoms with van der Waals surface area (Å²) in [5.41, 5.74) is 1.88. The van der Waals surface area contributed by atoms with Gasteiger partial charge in [-0.05, 0) is 31.0 Å². The molecule has 0 radical (unpaired) electrons. The van der Waals surface area contributed by atoms with Gasteiger partial charge < -0.3 is 15.7 Å². The summed E-state index contributed by atoms with van der Waals surface area (Å²) in [7, 11) is 0. The molecule has 27 heavy (non-hydrogen) atoms. The molecular formula is C21H26ClN3O2. The van der Waals surface area contributed by atoms with Crippen molar-refractivity contribution in [3.63, 3.8) is 0 Å². The molecule has 0 spiro atoms. The molecule has 1 saturated heterocycles. The molecule has 2 aromatic rings. The standard InChI is InChI=1S/C21H26ClN3O2/c1-2-23-21(27)19-11-17(24-12-15-7-4-6-10-20(15)26)14-25(19)13-16-8-3-5-9-18(16)22/h3-10,17,19,24,26H,2,11-14H2,1H3,(H,23,27)/t17-,19+/m1/s1. The first-order valence-corrected chi connectivity index (χ1v) is 9.71. The number of benzene rings is 2. The minimum absolute atomic E-state index is 0.0522. The minimum atomic E-state index is -0.192. The van der Waals surface area contributed by atoms with E-state index in [0.29, 0.717) is 19.6 Å². The van der Waals surface area contributed by atoms with E-state index >= 15 is 0 Å². The molecule has 5 nitrogen and oxygen atoms in total. The molecule has 0 aromatic heterocycles. The summed E-state index contributed by atoms with van der Waals surface area (Å²) in [4.78, 5) is 14.7. The Morgan fingerprint density at radius 1 is 1.19 bits per heavy atom. The normalized spacial score (nSPS) is 19.9. The van der Waals surface area contributed by atoms with Crippen LogP contribution >= 0.6 is 11.6 Å². The van der Waals surface area contributed by atoms with Crippen LogP contribution in [0.25, 0.3) is 0 Å². The average Bonchev–Trinajstić information content (AvgIpc) is 3.06. The summed E-state index contributed by atoms with van der Waals surface area (Å²) in [6.45, 7) is 4.50. The van der Waals surface area contributed by atoms with Crippen molar-refractivity contribution >= 4 is 17.5 Å². The largest absolute Gasteiger partial charge is 0.508 e. The molecule has 0 unspecified atom stereocenters. The number of hydrogen-bond donors (Lipinski definition) is 3. The Labute approximate surface area is 165 Å². The van der Waals surface area contributed by atoms with Crippen molar-refractivity contribution < 1.29 is 9.90 Å². The van der Waals surface area contributed by atoms with Crippen molar-refractivity contribution in [3.8, 4) is 5.75 Å². The molecule has 0 bridgehead atoms. The smallest absolute Gasteiger partial charge is 0.237 e. The molecule has 1 aliphatic rings. The van der Waals surface area contributed by atoms with E-state index in [-0.39, 0.29) is 23.7 Å². The zero-order valence-electron chi connectivity index (χ0n) is 15.5. The van der Waals surface area contributed by atoms with Crippen molar-refractivity contribution in [1.29, 1.82) is 0 Å². The Hall–Kier alpha value is -2.08. The lowest BCUT2D eigenvalue weighted by Crippen LogP contribution is -2.42. The SMILES string of the molecule is CCNC(=O)[C@@H]1C[C@@H](NCc2ccccc2O)CN1Cc1ccccc1Cl. The number of hydrogen-bond acceptors (Lipinski definition) is 4.